The lowest BCUT2D eigenvalue weighted by Crippen LogP contribution is -2.13. The van der Waals surface area contributed by atoms with Crippen LogP contribution in [0.4, 0.5) is 0 Å². The molecule has 2 aromatic carbocycles. The zero-order valence-corrected chi connectivity index (χ0v) is 15.1. The lowest BCUT2D eigenvalue weighted by atomic mass is 9.90. The molecule has 0 amide bonds. The van der Waals surface area contributed by atoms with Crippen LogP contribution in [0, 0.1) is 0 Å². The summed E-state index contributed by atoms with van der Waals surface area (Å²) in [6, 6.07) is 8.80. The summed E-state index contributed by atoms with van der Waals surface area (Å²) in [7, 11) is 3.05. The fourth-order valence-electron chi connectivity index (χ4n) is 3.43. The minimum atomic E-state index is -0.482. The van der Waals surface area contributed by atoms with Crippen LogP contribution in [0.1, 0.15) is 35.6 Å². The first-order valence-corrected chi connectivity index (χ1v) is 8.51. The number of aromatic hydroxyl groups is 1. The van der Waals surface area contributed by atoms with Crippen molar-refractivity contribution in [2.45, 2.75) is 31.5 Å². The number of phenols is 1. The van der Waals surface area contributed by atoms with E-state index in [1.165, 1.54) is 7.11 Å². The molecule has 140 valence electrons. The molecule has 0 bridgehead atoms. The first kappa shape index (κ1) is 18.4. The lowest BCUT2D eigenvalue weighted by Gasteiger charge is -2.18. The van der Waals surface area contributed by atoms with Crippen molar-refractivity contribution in [2.75, 3.05) is 20.8 Å². The van der Waals surface area contributed by atoms with Gasteiger partial charge >= 0.3 is 0 Å². The maximum atomic E-state index is 10.0. The van der Waals surface area contributed by atoms with E-state index in [1.54, 1.807) is 32.2 Å². The van der Waals surface area contributed by atoms with Crippen LogP contribution in [0.15, 0.2) is 30.3 Å². The van der Waals surface area contributed by atoms with Crippen molar-refractivity contribution in [3.05, 3.63) is 47.0 Å². The van der Waals surface area contributed by atoms with E-state index in [4.69, 9.17) is 14.2 Å². The molecule has 26 heavy (non-hydrogen) atoms. The predicted molar refractivity (Wildman–Crippen MR) is 96.2 cm³/mol. The average molecular weight is 360 g/mol. The third-order valence-electron chi connectivity index (χ3n) is 4.63. The number of fused-ring (bicyclic) bond motifs is 1. The molecule has 0 aliphatic carbocycles. The molecular weight excluding hydrogens is 336 g/mol. The first-order valence-electron chi connectivity index (χ1n) is 8.51. The van der Waals surface area contributed by atoms with Crippen molar-refractivity contribution in [3.8, 4) is 23.0 Å². The first-order chi connectivity index (χ1) is 12.5. The lowest BCUT2D eigenvalue weighted by molar-refractivity contribution is 0.157. The summed E-state index contributed by atoms with van der Waals surface area (Å²) in [6.45, 7) is 1.62. The number of benzene rings is 2. The SMILES string of the molecule is COc1cc([C@H]2Oc3c(OC)cc(CC(C)O)cc3[C@@H]2CO)ccc1O. The zero-order chi connectivity index (χ0) is 18.8. The summed E-state index contributed by atoms with van der Waals surface area (Å²) in [5.74, 6) is 1.27. The highest BCUT2D eigenvalue weighted by Crippen LogP contribution is 2.51. The van der Waals surface area contributed by atoms with Crippen molar-refractivity contribution < 1.29 is 29.5 Å². The second-order valence-corrected chi connectivity index (χ2v) is 6.53. The van der Waals surface area contributed by atoms with Crippen molar-refractivity contribution in [2.24, 2.45) is 0 Å². The standard InChI is InChI=1S/C20H24O6/c1-11(22)6-12-7-14-15(10-21)19(26-20(14)18(8-12)25-3)13-4-5-16(23)17(9-13)24-2/h4-5,7-9,11,15,19,21-23H,6,10H2,1-3H3/t11?,15-,19+/m0/s1. The van der Waals surface area contributed by atoms with Gasteiger partial charge in [0, 0.05) is 5.56 Å². The normalized spacial score (nSPS) is 19.6. The maximum absolute atomic E-state index is 10.0. The van der Waals surface area contributed by atoms with Crippen LogP contribution in [-0.4, -0.2) is 42.3 Å². The highest BCUT2D eigenvalue weighted by molar-refractivity contribution is 5.56. The van der Waals surface area contributed by atoms with Gasteiger partial charge in [-0.1, -0.05) is 12.1 Å². The Morgan fingerprint density at radius 3 is 2.46 bits per heavy atom. The van der Waals surface area contributed by atoms with Gasteiger partial charge in [-0.3, -0.25) is 0 Å². The summed E-state index contributed by atoms with van der Waals surface area (Å²) in [6.07, 6.45) is -0.426. The van der Waals surface area contributed by atoms with Crippen molar-refractivity contribution in [1.29, 1.82) is 0 Å². The molecule has 6 nitrogen and oxygen atoms in total. The minimum absolute atomic E-state index is 0.0455. The summed E-state index contributed by atoms with van der Waals surface area (Å²) in [5, 5.41) is 29.5. The van der Waals surface area contributed by atoms with E-state index in [9.17, 15) is 15.3 Å². The fourth-order valence-corrected chi connectivity index (χ4v) is 3.43. The van der Waals surface area contributed by atoms with Crippen LogP contribution in [0.25, 0.3) is 0 Å². The second-order valence-electron chi connectivity index (χ2n) is 6.53. The number of phenolic OH excluding ortho intramolecular Hbond substituents is 1. The maximum Gasteiger partial charge on any atom is 0.165 e. The highest BCUT2D eigenvalue weighted by atomic mass is 16.5. The number of hydrogen-bond acceptors (Lipinski definition) is 6. The Morgan fingerprint density at radius 2 is 1.85 bits per heavy atom. The molecule has 0 saturated heterocycles. The summed E-state index contributed by atoms with van der Waals surface area (Å²) >= 11 is 0. The zero-order valence-electron chi connectivity index (χ0n) is 15.1. The molecule has 3 atom stereocenters. The smallest absolute Gasteiger partial charge is 0.165 e. The predicted octanol–water partition coefficient (Wildman–Crippen LogP) is 2.54. The minimum Gasteiger partial charge on any atom is -0.504 e. The number of methoxy groups -OCH3 is 2. The molecule has 1 heterocycles. The Morgan fingerprint density at radius 1 is 1.12 bits per heavy atom. The molecule has 1 aliphatic heterocycles. The molecular formula is C20H24O6. The van der Waals surface area contributed by atoms with Crippen LogP contribution < -0.4 is 14.2 Å². The van der Waals surface area contributed by atoms with Crippen LogP contribution in [0.5, 0.6) is 23.0 Å². The van der Waals surface area contributed by atoms with Gasteiger partial charge in [0.2, 0.25) is 0 Å². The molecule has 6 heteroatoms. The monoisotopic (exact) mass is 360 g/mol. The quantitative estimate of drug-likeness (QED) is 0.734. The molecule has 3 rings (SSSR count). The van der Waals surface area contributed by atoms with E-state index in [0.717, 1.165) is 16.7 Å². The van der Waals surface area contributed by atoms with E-state index in [1.807, 2.05) is 12.1 Å². The highest BCUT2D eigenvalue weighted by Gasteiger charge is 2.38. The topological polar surface area (TPSA) is 88.4 Å². The molecule has 1 aliphatic rings. The van der Waals surface area contributed by atoms with Gasteiger partial charge < -0.3 is 29.5 Å². The number of aliphatic hydroxyl groups excluding tert-OH is 2. The molecule has 0 radical (unpaired) electrons. The molecule has 2 aromatic rings. The van der Waals surface area contributed by atoms with Gasteiger partial charge in [0.05, 0.1) is 32.8 Å². The number of ether oxygens (including phenoxy) is 3. The molecule has 1 unspecified atom stereocenters. The van der Waals surface area contributed by atoms with Crippen molar-refractivity contribution >= 4 is 0 Å². The van der Waals surface area contributed by atoms with Gasteiger partial charge in [-0.15, -0.1) is 0 Å². The molecule has 3 N–H and O–H groups in total. The largest absolute Gasteiger partial charge is 0.504 e. The Bertz CT molecular complexity index is 786. The van der Waals surface area contributed by atoms with E-state index in [-0.39, 0.29) is 18.3 Å². The van der Waals surface area contributed by atoms with Gasteiger partial charge in [0.15, 0.2) is 23.0 Å². The van der Waals surface area contributed by atoms with E-state index in [0.29, 0.717) is 23.7 Å². The average Bonchev–Trinajstić information content (AvgIpc) is 2.99. The summed E-state index contributed by atoms with van der Waals surface area (Å²) < 4.78 is 16.8. The van der Waals surface area contributed by atoms with E-state index < -0.39 is 12.2 Å². The Labute approximate surface area is 152 Å². The Balaban J connectivity index is 2.03. The third kappa shape index (κ3) is 3.30. The summed E-state index contributed by atoms with van der Waals surface area (Å²) in [5.41, 5.74) is 2.55. The van der Waals surface area contributed by atoms with Crippen LogP contribution in [-0.2, 0) is 6.42 Å². The molecule has 0 fully saturated rings. The fraction of sp³-hybridized carbons (Fsp3) is 0.400. The van der Waals surface area contributed by atoms with E-state index in [2.05, 4.69) is 0 Å². The summed E-state index contributed by atoms with van der Waals surface area (Å²) in [4.78, 5) is 0. The number of aliphatic hydroxyl groups is 2. The Hall–Kier alpha value is -2.44. The molecule has 0 aromatic heterocycles. The second kappa shape index (κ2) is 7.43. The number of rotatable bonds is 6. The van der Waals surface area contributed by atoms with Crippen LogP contribution in [0.3, 0.4) is 0 Å². The van der Waals surface area contributed by atoms with Gasteiger partial charge in [-0.05, 0) is 42.7 Å². The van der Waals surface area contributed by atoms with Crippen LogP contribution >= 0.6 is 0 Å². The Kier molecular flexibility index (Phi) is 5.25. The third-order valence-corrected chi connectivity index (χ3v) is 4.63. The molecule has 0 saturated carbocycles. The van der Waals surface area contributed by atoms with Crippen LogP contribution in [0.2, 0.25) is 0 Å². The van der Waals surface area contributed by atoms with E-state index >= 15 is 0 Å². The van der Waals surface area contributed by atoms with Gasteiger partial charge in [-0.25, -0.2) is 0 Å². The van der Waals surface area contributed by atoms with Crippen molar-refractivity contribution in [1.82, 2.24) is 0 Å². The van der Waals surface area contributed by atoms with Gasteiger partial charge in [-0.2, -0.15) is 0 Å². The van der Waals surface area contributed by atoms with Gasteiger partial charge in [0.1, 0.15) is 6.10 Å². The van der Waals surface area contributed by atoms with Crippen molar-refractivity contribution in [3.63, 3.8) is 0 Å². The van der Waals surface area contributed by atoms with Gasteiger partial charge in [0.25, 0.3) is 0 Å². The molecule has 0 spiro atoms. The number of hydrogen-bond donors (Lipinski definition) is 3.